The standard InChI is InChI=1S/C7H10O/c1-4-2-5-6(3-4)7(5)8/h2,4,6-8H,3H2,1H3. The van der Waals surface area contributed by atoms with Crippen LogP contribution >= 0.6 is 0 Å². The number of hydrogen-bond acceptors (Lipinski definition) is 1. The van der Waals surface area contributed by atoms with E-state index in [1.54, 1.807) is 0 Å². The molecule has 2 rings (SSSR count). The highest BCUT2D eigenvalue weighted by atomic mass is 16.3. The summed E-state index contributed by atoms with van der Waals surface area (Å²) in [6.45, 7) is 2.20. The van der Waals surface area contributed by atoms with E-state index in [1.807, 2.05) is 0 Å². The van der Waals surface area contributed by atoms with Crippen molar-refractivity contribution in [3.8, 4) is 0 Å². The molecule has 0 saturated heterocycles. The van der Waals surface area contributed by atoms with Crippen LogP contribution in [0.2, 0.25) is 0 Å². The van der Waals surface area contributed by atoms with Crippen molar-refractivity contribution in [1.82, 2.24) is 0 Å². The van der Waals surface area contributed by atoms with Gasteiger partial charge >= 0.3 is 0 Å². The van der Waals surface area contributed by atoms with Gasteiger partial charge in [-0.3, -0.25) is 0 Å². The first-order valence-electron chi connectivity index (χ1n) is 3.18. The minimum atomic E-state index is -0.0359. The summed E-state index contributed by atoms with van der Waals surface area (Å²) >= 11 is 0. The Kier molecular flexibility index (Phi) is 0.662. The van der Waals surface area contributed by atoms with Crippen molar-refractivity contribution in [2.45, 2.75) is 19.4 Å². The molecule has 0 aromatic carbocycles. The SMILES string of the molecule is CC1C=C2C(O)C2C1. The lowest BCUT2D eigenvalue weighted by molar-refractivity contribution is 0.255. The maximum absolute atomic E-state index is 9.00. The Morgan fingerprint density at radius 2 is 2.50 bits per heavy atom. The molecular weight excluding hydrogens is 100 g/mol. The smallest absolute Gasteiger partial charge is 0.0820 e. The van der Waals surface area contributed by atoms with E-state index in [0.717, 1.165) is 5.92 Å². The third-order valence-corrected chi connectivity index (χ3v) is 2.14. The van der Waals surface area contributed by atoms with E-state index in [1.165, 1.54) is 12.0 Å². The summed E-state index contributed by atoms with van der Waals surface area (Å²) in [5, 5.41) is 9.00. The molecular formula is C7H10O. The summed E-state index contributed by atoms with van der Waals surface area (Å²) in [4.78, 5) is 0. The van der Waals surface area contributed by atoms with Gasteiger partial charge in [-0.05, 0) is 17.9 Å². The van der Waals surface area contributed by atoms with Gasteiger partial charge in [0.2, 0.25) is 0 Å². The molecule has 0 amide bonds. The molecule has 2 aliphatic carbocycles. The fourth-order valence-corrected chi connectivity index (χ4v) is 1.61. The molecule has 2 aliphatic rings. The number of aliphatic hydroxyl groups excluding tert-OH is 1. The summed E-state index contributed by atoms with van der Waals surface area (Å²) in [6, 6.07) is 0. The molecule has 0 spiro atoms. The van der Waals surface area contributed by atoms with Gasteiger partial charge in [-0.1, -0.05) is 13.0 Å². The summed E-state index contributed by atoms with van der Waals surface area (Å²) < 4.78 is 0. The van der Waals surface area contributed by atoms with E-state index in [9.17, 15) is 0 Å². The summed E-state index contributed by atoms with van der Waals surface area (Å²) in [6.07, 6.45) is 3.36. The van der Waals surface area contributed by atoms with Crippen molar-refractivity contribution >= 4 is 0 Å². The van der Waals surface area contributed by atoms with E-state index in [2.05, 4.69) is 13.0 Å². The molecule has 1 nitrogen and oxygen atoms in total. The minimum Gasteiger partial charge on any atom is -0.388 e. The van der Waals surface area contributed by atoms with Crippen LogP contribution in [-0.4, -0.2) is 11.2 Å². The van der Waals surface area contributed by atoms with Gasteiger partial charge in [-0.25, -0.2) is 0 Å². The Morgan fingerprint density at radius 3 is 2.88 bits per heavy atom. The van der Waals surface area contributed by atoms with Crippen molar-refractivity contribution in [3.05, 3.63) is 11.6 Å². The fourth-order valence-electron chi connectivity index (χ4n) is 1.61. The van der Waals surface area contributed by atoms with Crippen LogP contribution in [-0.2, 0) is 0 Å². The van der Waals surface area contributed by atoms with Crippen molar-refractivity contribution in [2.75, 3.05) is 0 Å². The average molecular weight is 110 g/mol. The Balaban J connectivity index is 2.20. The third-order valence-electron chi connectivity index (χ3n) is 2.14. The van der Waals surface area contributed by atoms with Crippen molar-refractivity contribution in [3.63, 3.8) is 0 Å². The Bertz CT molecular complexity index is 148. The topological polar surface area (TPSA) is 20.2 Å². The van der Waals surface area contributed by atoms with Gasteiger partial charge in [0.05, 0.1) is 6.10 Å². The van der Waals surface area contributed by atoms with Gasteiger partial charge in [0, 0.05) is 5.92 Å². The van der Waals surface area contributed by atoms with E-state index >= 15 is 0 Å². The average Bonchev–Trinajstić information content (AvgIpc) is 2.29. The third kappa shape index (κ3) is 0.402. The van der Waals surface area contributed by atoms with Gasteiger partial charge in [-0.2, -0.15) is 0 Å². The van der Waals surface area contributed by atoms with Crippen molar-refractivity contribution < 1.29 is 5.11 Å². The lowest BCUT2D eigenvalue weighted by Gasteiger charge is -1.97. The number of aliphatic hydroxyl groups is 1. The zero-order chi connectivity index (χ0) is 5.72. The molecule has 3 unspecified atom stereocenters. The van der Waals surface area contributed by atoms with Gasteiger partial charge in [-0.15, -0.1) is 0 Å². The van der Waals surface area contributed by atoms with Crippen LogP contribution in [0.25, 0.3) is 0 Å². The van der Waals surface area contributed by atoms with Crippen molar-refractivity contribution in [2.24, 2.45) is 11.8 Å². The first-order chi connectivity index (χ1) is 3.79. The maximum Gasteiger partial charge on any atom is 0.0820 e. The second kappa shape index (κ2) is 1.16. The van der Waals surface area contributed by atoms with E-state index in [0.29, 0.717) is 5.92 Å². The van der Waals surface area contributed by atoms with Gasteiger partial charge in [0.15, 0.2) is 0 Å². The number of rotatable bonds is 0. The summed E-state index contributed by atoms with van der Waals surface area (Å²) in [5.74, 6) is 1.31. The molecule has 0 aromatic rings. The monoisotopic (exact) mass is 110 g/mol. The van der Waals surface area contributed by atoms with Crippen LogP contribution in [0.5, 0.6) is 0 Å². The Morgan fingerprint density at radius 1 is 1.75 bits per heavy atom. The lowest BCUT2D eigenvalue weighted by Crippen LogP contribution is -1.93. The van der Waals surface area contributed by atoms with E-state index in [4.69, 9.17) is 5.11 Å². The van der Waals surface area contributed by atoms with Crippen LogP contribution in [0, 0.1) is 11.8 Å². The molecule has 1 saturated carbocycles. The predicted octanol–water partition coefficient (Wildman–Crippen LogP) is 0.943. The van der Waals surface area contributed by atoms with Crippen LogP contribution in [0.4, 0.5) is 0 Å². The zero-order valence-corrected chi connectivity index (χ0v) is 4.96. The maximum atomic E-state index is 9.00. The molecule has 0 radical (unpaired) electrons. The number of fused-ring (bicyclic) bond motifs is 1. The van der Waals surface area contributed by atoms with Gasteiger partial charge in [0.1, 0.15) is 0 Å². The van der Waals surface area contributed by atoms with Crippen molar-refractivity contribution in [1.29, 1.82) is 0 Å². The highest BCUT2D eigenvalue weighted by Gasteiger charge is 2.46. The first kappa shape index (κ1) is 4.57. The molecule has 0 aromatic heterocycles. The number of allylic oxidation sites excluding steroid dienone is 1. The molecule has 1 heteroatoms. The quantitative estimate of drug-likeness (QED) is 0.460. The predicted molar refractivity (Wildman–Crippen MR) is 31.4 cm³/mol. The molecule has 1 N–H and O–H groups in total. The second-order valence-electron chi connectivity index (χ2n) is 2.93. The summed E-state index contributed by atoms with van der Waals surface area (Å²) in [5.41, 5.74) is 1.30. The molecule has 44 valence electrons. The van der Waals surface area contributed by atoms with Gasteiger partial charge in [0.25, 0.3) is 0 Å². The second-order valence-corrected chi connectivity index (χ2v) is 2.93. The Hall–Kier alpha value is -0.300. The lowest BCUT2D eigenvalue weighted by atomic mass is 10.1. The molecule has 3 atom stereocenters. The van der Waals surface area contributed by atoms with Crippen LogP contribution in [0.1, 0.15) is 13.3 Å². The molecule has 0 aliphatic heterocycles. The molecule has 0 heterocycles. The van der Waals surface area contributed by atoms with Crippen LogP contribution < -0.4 is 0 Å². The molecule has 8 heavy (non-hydrogen) atoms. The largest absolute Gasteiger partial charge is 0.388 e. The first-order valence-corrected chi connectivity index (χ1v) is 3.18. The highest BCUT2D eigenvalue weighted by molar-refractivity contribution is 5.36. The minimum absolute atomic E-state index is 0.0359. The van der Waals surface area contributed by atoms with Crippen LogP contribution in [0.3, 0.4) is 0 Å². The summed E-state index contributed by atoms with van der Waals surface area (Å²) in [7, 11) is 0. The fraction of sp³-hybridized carbons (Fsp3) is 0.714. The highest BCUT2D eigenvalue weighted by Crippen LogP contribution is 2.49. The van der Waals surface area contributed by atoms with Gasteiger partial charge < -0.3 is 5.11 Å². The Labute approximate surface area is 49.0 Å². The normalized spacial score (nSPS) is 50.8. The zero-order valence-electron chi connectivity index (χ0n) is 4.96. The molecule has 0 bridgehead atoms. The van der Waals surface area contributed by atoms with Crippen LogP contribution in [0.15, 0.2) is 11.6 Å². The van der Waals surface area contributed by atoms with E-state index in [-0.39, 0.29) is 6.10 Å². The molecule has 1 fully saturated rings. The van der Waals surface area contributed by atoms with E-state index < -0.39 is 0 Å². The number of hydrogen-bond donors (Lipinski definition) is 1.